The molecule has 0 saturated carbocycles. The molecule has 1 heterocycles. The first-order valence-electron chi connectivity index (χ1n) is 8.78. The summed E-state index contributed by atoms with van der Waals surface area (Å²) in [5.41, 5.74) is 1.36. The topological polar surface area (TPSA) is 65.5 Å². The van der Waals surface area contributed by atoms with Gasteiger partial charge in [-0.05, 0) is 57.2 Å². The number of halogens is 1. The van der Waals surface area contributed by atoms with Gasteiger partial charge in [0.2, 0.25) is 0 Å². The molecule has 0 unspecified atom stereocenters. The number of para-hydroxylation sites is 1. The first-order valence-corrected chi connectivity index (χ1v) is 8.78. The molecule has 0 bridgehead atoms. The van der Waals surface area contributed by atoms with E-state index in [0.29, 0.717) is 22.2 Å². The zero-order valence-electron chi connectivity index (χ0n) is 15.9. The molecule has 28 heavy (non-hydrogen) atoms. The number of rotatable bonds is 4. The molecule has 0 radical (unpaired) electrons. The quantitative estimate of drug-likeness (QED) is 0.621. The minimum Gasteiger partial charge on any atom is -0.457 e. The van der Waals surface area contributed by atoms with Gasteiger partial charge in [0.25, 0.3) is 0 Å². The van der Waals surface area contributed by atoms with Gasteiger partial charge in [0, 0.05) is 10.9 Å². The Morgan fingerprint density at radius 3 is 2.39 bits per heavy atom. The van der Waals surface area contributed by atoms with Crippen LogP contribution in [0.2, 0.25) is 0 Å². The highest BCUT2D eigenvalue weighted by Crippen LogP contribution is 2.25. The number of hydrogen-bond acceptors (Lipinski definition) is 5. The van der Waals surface area contributed by atoms with Crippen LogP contribution in [-0.2, 0) is 14.3 Å². The fourth-order valence-corrected chi connectivity index (χ4v) is 2.69. The molecular formula is C22H20FNO4. The van der Waals surface area contributed by atoms with Crippen LogP contribution in [-0.4, -0.2) is 29.1 Å². The smallest absolute Gasteiger partial charge is 0.344 e. The van der Waals surface area contributed by atoms with E-state index in [1.165, 1.54) is 12.1 Å². The zero-order valence-corrected chi connectivity index (χ0v) is 15.9. The van der Waals surface area contributed by atoms with E-state index >= 15 is 0 Å². The Morgan fingerprint density at radius 1 is 1.04 bits per heavy atom. The highest BCUT2D eigenvalue weighted by Gasteiger charge is 2.20. The fourth-order valence-electron chi connectivity index (χ4n) is 2.69. The van der Waals surface area contributed by atoms with Crippen molar-refractivity contribution in [1.29, 1.82) is 0 Å². The average molecular weight is 381 g/mol. The average Bonchev–Trinajstić information content (AvgIpc) is 2.64. The van der Waals surface area contributed by atoms with Gasteiger partial charge in [-0.3, -0.25) is 0 Å². The van der Waals surface area contributed by atoms with E-state index in [9.17, 15) is 14.0 Å². The number of aromatic nitrogens is 1. The SMILES string of the molecule is CC(C)(C)OC(=O)COC(=O)c1cc(-c2ccc(F)cc2)nc2ccccc12. The molecule has 3 aromatic rings. The van der Waals surface area contributed by atoms with E-state index in [2.05, 4.69) is 4.98 Å². The monoisotopic (exact) mass is 381 g/mol. The fraction of sp³-hybridized carbons (Fsp3) is 0.227. The number of esters is 2. The van der Waals surface area contributed by atoms with E-state index in [-0.39, 0.29) is 11.4 Å². The van der Waals surface area contributed by atoms with E-state index < -0.39 is 24.1 Å². The zero-order chi connectivity index (χ0) is 20.3. The molecule has 0 aliphatic heterocycles. The van der Waals surface area contributed by atoms with Gasteiger partial charge in [-0.25, -0.2) is 19.0 Å². The van der Waals surface area contributed by atoms with Crippen LogP contribution < -0.4 is 0 Å². The Bertz CT molecular complexity index is 1020. The number of pyridine rings is 1. The van der Waals surface area contributed by atoms with Crippen molar-refractivity contribution in [2.45, 2.75) is 26.4 Å². The lowest BCUT2D eigenvalue weighted by atomic mass is 10.0. The third-order valence-electron chi connectivity index (χ3n) is 3.82. The van der Waals surface area contributed by atoms with Gasteiger partial charge in [-0.15, -0.1) is 0 Å². The van der Waals surface area contributed by atoms with Crippen molar-refractivity contribution in [1.82, 2.24) is 4.98 Å². The molecule has 0 fully saturated rings. The van der Waals surface area contributed by atoms with E-state index in [0.717, 1.165) is 0 Å². The van der Waals surface area contributed by atoms with E-state index in [4.69, 9.17) is 9.47 Å². The summed E-state index contributed by atoms with van der Waals surface area (Å²) < 4.78 is 23.5. The Morgan fingerprint density at radius 2 is 1.71 bits per heavy atom. The normalized spacial score (nSPS) is 11.3. The predicted molar refractivity (Wildman–Crippen MR) is 103 cm³/mol. The maximum absolute atomic E-state index is 13.2. The molecule has 0 aliphatic rings. The molecule has 0 aliphatic carbocycles. The largest absolute Gasteiger partial charge is 0.457 e. The van der Waals surface area contributed by atoms with Gasteiger partial charge >= 0.3 is 11.9 Å². The van der Waals surface area contributed by atoms with Crippen LogP contribution in [0.1, 0.15) is 31.1 Å². The van der Waals surface area contributed by atoms with Crippen molar-refractivity contribution in [3.05, 3.63) is 66.0 Å². The highest BCUT2D eigenvalue weighted by molar-refractivity contribution is 6.05. The van der Waals surface area contributed by atoms with Crippen LogP contribution in [0.25, 0.3) is 22.2 Å². The highest BCUT2D eigenvalue weighted by atomic mass is 19.1. The number of hydrogen-bond donors (Lipinski definition) is 0. The Kier molecular flexibility index (Phi) is 5.40. The Labute approximate surface area is 162 Å². The van der Waals surface area contributed by atoms with Gasteiger partial charge in [0.1, 0.15) is 11.4 Å². The Balaban J connectivity index is 1.91. The molecule has 0 saturated heterocycles. The van der Waals surface area contributed by atoms with Crippen LogP contribution >= 0.6 is 0 Å². The van der Waals surface area contributed by atoms with Crippen molar-refractivity contribution >= 4 is 22.8 Å². The second kappa shape index (κ2) is 7.76. The third kappa shape index (κ3) is 4.71. The van der Waals surface area contributed by atoms with Crippen LogP contribution in [0.4, 0.5) is 4.39 Å². The van der Waals surface area contributed by atoms with Crippen LogP contribution in [0.3, 0.4) is 0 Å². The summed E-state index contributed by atoms with van der Waals surface area (Å²) >= 11 is 0. The van der Waals surface area contributed by atoms with E-state index in [1.54, 1.807) is 63.2 Å². The standard InChI is InChI=1S/C22H20FNO4/c1-22(2,3)28-20(25)13-27-21(26)17-12-19(14-8-10-15(23)11-9-14)24-18-7-5-4-6-16(17)18/h4-12H,13H2,1-3H3. The number of benzene rings is 2. The van der Waals surface area contributed by atoms with Gasteiger partial charge < -0.3 is 9.47 Å². The summed E-state index contributed by atoms with van der Waals surface area (Å²) in [6.07, 6.45) is 0. The number of fused-ring (bicyclic) bond motifs is 1. The van der Waals surface area contributed by atoms with Crippen molar-refractivity contribution in [2.75, 3.05) is 6.61 Å². The van der Waals surface area contributed by atoms with Crippen molar-refractivity contribution in [2.24, 2.45) is 0 Å². The summed E-state index contributed by atoms with van der Waals surface area (Å²) in [4.78, 5) is 29.0. The lowest BCUT2D eigenvalue weighted by molar-refractivity contribution is -0.158. The van der Waals surface area contributed by atoms with Gasteiger partial charge in [-0.1, -0.05) is 18.2 Å². The van der Waals surface area contributed by atoms with Gasteiger partial charge in [-0.2, -0.15) is 0 Å². The lowest BCUT2D eigenvalue weighted by Gasteiger charge is -2.19. The summed E-state index contributed by atoms with van der Waals surface area (Å²) in [6.45, 7) is 4.72. The molecule has 0 N–H and O–H groups in total. The third-order valence-corrected chi connectivity index (χ3v) is 3.82. The van der Waals surface area contributed by atoms with E-state index in [1.807, 2.05) is 0 Å². The second-order valence-electron chi connectivity index (χ2n) is 7.24. The maximum Gasteiger partial charge on any atom is 0.344 e. The summed E-state index contributed by atoms with van der Waals surface area (Å²) in [6, 6.07) is 14.5. The van der Waals surface area contributed by atoms with Crippen LogP contribution in [0.15, 0.2) is 54.6 Å². The van der Waals surface area contributed by atoms with Crippen molar-refractivity contribution < 1.29 is 23.5 Å². The molecule has 144 valence electrons. The van der Waals surface area contributed by atoms with Crippen molar-refractivity contribution in [3.63, 3.8) is 0 Å². The summed E-state index contributed by atoms with van der Waals surface area (Å²) in [7, 11) is 0. The predicted octanol–water partition coefficient (Wildman–Crippen LogP) is 4.54. The molecule has 2 aromatic carbocycles. The molecule has 3 rings (SSSR count). The second-order valence-corrected chi connectivity index (χ2v) is 7.24. The molecular weight excluding hydrogens is 361 g/mol. The summed E-state index contributed by atoms with van der Waals surface area (Å²) in [5, 5.41) is 0.600. The first kappa shape index (κ1) is 19.5. The summed E-state index contributed by atoms with van der Waals surface area (Å²) in [5.74, 6) is -1.65. The first-order chi connectivity index (χ1) is 13.2. The number of nitrogens with zero attached hydrogens (tertiary/aromatic N) is 1. The minimum absolute atomic E-state index is 0.272. The molecule has 6 heteroatoms. The van der Waals surface area contributed by atoms with Crippen molar-refractivity contribution in [3.8, 4) is 11.3 Å². The van der Waals surface area contributed by atoms with Gasteiger partial charge in [0.05, 0.1) is 16.8 Å². The number of carbonyl (C=O) groups excluding carboxylic acids is 2. The molecule has 1 aromatic heterocycles. The molecule has 5 nitrogen and oxygen atoms in total. The Hall–Kier alpha value is -3.28. The minimum atomic E-state index is -0.664. The molecule has 0 amide bonds. The number of ether oxygens (including phenoxy) is 2. The molecule has 0 spiro atoms. The lowest BCUT2D eigenvalue weighted by Crippen LogP contribution is -2.27. The van der Waals surface area contributed by atoms with Crippen LogP contribution in [0, 0.1) is 5.82 Å². The van der Waals surface area contributed by atoms with Crippen LogP contribution in [0.5, 0.6) is 0 Å². The number of carbonyl (C=O) groups is 2. The van der Waals surface area contributed by atoms with Gasteiger partial charge in [0.15, 0.2) is 6.61 Å². The maximum atomic E-state index is 13.2. The molecule has 0 atom stereocenters.